The fraction of sp³-hybridized carbons (Fsp3) is 0.233. The lowest BCUT2D eigenvalue weighted by Gasteiger charge is -2.17. The molecule has 0 bridgehead atoms. The van der Waals surface area contributed by atoms with E-state index in [1.54, 1.807) is 0 Å². The minimum absolute atomic E-state index is 0.428. The Morgan fingerprint density at radius 3 is 2.16 bits per heavy atom. The molecular weight excluding hydrogens is 374 g/mol. The highest BCUT2D eigenvalue weighted by Crippen LogP contribution is 2.38. The minimum Gasteiger partial charge on any atom is -0.256 e. The fourth-order valence-electron chi connectivity index (χ4n) is 4.97. The van der Waals surface area contributed by atoms with Gasteiger partial charge in [0, 0.05) is 17.1 Å². The molecule has 0 fully saturated rings. The first-order valence-corrected chi connectivity index (χ1v) is 11.3. The first kappa shape index (κ1) is 19.8. The number of hydrogen-bond donors (Lipinski definition) is 0. The highest BCUT2D eigenvalue weighted by Gasteiger charge is 2.15. The van der Waals surface area contributed by atoms with Gasteiger partial charge in [0.15, 0.2) is 0 Å². The van der Waals surface area contributed by atoms with E-state index >= 15 is 0 Å². The third kappa shape index (κ3) is 3.29. The van der Waals surface area contributed by atoms with E-state index in [4.69, 9.17) is 4.98 Å². The molecule has 0 N–H and O–H groups in total. The lowest BCUT2D eigenvalue weighted by molar-refractivity contribution is 0.859. The first-order valence-electron chi connectivity index (χ1n) is 11.3. The summed E-state index contributed by atoms with van der Waals surface area (Å²) in [6, 6.07) is 24.7. The van der Waals surface area contributed by atoms with Gasteiger partial charge in [-0.1, -0.05) is 70.2 Å². The van der Waals surface area contributed by atoms with Crippen molar-refractivity contribution in [3.05, 3.63) is 89.6 Å². The number of pyridine rings is 1. The van der Waals surface area contributed by atoms with Gasteiger partial charge < -0.3 is 0 Å². The Labute approximate surface area is 184 Å². The molecule has 0 saturated heterocycles. The van der Waals surface area contributed by atoms with Crippen LogP contribution in [0, 0.1) is 6.92 Å². The number of aromatic nitrogens is 1. The van der Waals surface area contributed by atoms with Crippen LogP contribution in [-0.4, -0.2) is 4.98 Å². The Morgan fingerprint density at radius 1 is 0.645 bits per heavy atom. The molecule has 5 rings (SSSR count). The third-order valence-corrected chi connectivity index (χ3v) is 6.54. The molecule has 0 aliphatic carbocycles. The smallest absolute Gasteiger partial charge is 0.0780 e. The molecule has 154 valence electrons. The molecule has 0 atom stereocenters. The van der Waals surface area contributed by atoms with Crippen LogP contribution in [0.25, 0.3) is 43.6 Å². The lowest BCUT2D eigenvalue weighted by atomic mass is 9.88. The minimum atomic E-state index is 0.428. The zero-order valence-corrected chi connectivity index (χ0v) is 19.0. The SMILES string of the molecule is Cc1cc2c(-c3cc(C(C)C)c4c(ccc5ccccc54)c3)nccc2cc1C(C)C. The number of aryl methyl sites for hydroxylation is 1. The zero-order chi connectivity index (χ0) is 21.7. The first-order chi connectivity index (χ1) is 14.9. The van der Waals surface area contributed by atoms with Crippen molar-refractivity contribution >= 4 is 32.3 Å². The number of hydrogen-bond acceptors (Lipinski definition) is 1. The van der Waals surface area contributed by atoms with Crippen molar-refractivity contribution in [3.63, 3.8) is 0 Å². The van der Waals surface area contributed by atoms with E-state index in [1.165, 1.54) is 54.6 Å². The summed E-state index contributed by atoms with van der Waals surface area (Å²) in [5.74, 6) is 0.944. The van der Waals surface area contributed by atoms with Crippen LogP contribution in [0.2, 0.25) is 0 Å². The molecular formula is C30H29N. The van der Waals surface area contributed by atoms with Crippen molar-refractivity contribution in [3.8, 4) is 11.3 Å². The predicted octanol–water partition coefficient (Wildman–Crippen LogP) is 8.76. The Morgan fingerprint density at radius 2 is 1.39 bits per heavy atom. The molecule has 0 aliphatic rings. The molecule has 1 nitrogen and oxygen atoms in total. The maximum atomic E-state index is 4.86. The molecule has 0 radical (unpaired) electrons. The zero-order valence-electron chi connectivity index (χ0n) is 19.0. The van der Waals surface area contributed by atoms with Crippen molar-refractivity contribution in [2.75, 3.05) is 0 Å². The monoisotopic (exact) mass is 403 g/mol. The fourth-order valence-corrected chi connectivity index (χ4v) is 4.97. The summed E-state index contributed by atoms with van der Waals surface area (Å²) in [6.07, 6.45) is 1.96. The van der Waals surface area contributed by atoms with Gasteiger partial charge in [-0.2, -0.15) is 0 Å². The topological polar surface area (TPSA) is 12.9 Å². The summed E-state index contributed by atoms with van der Waals surface area (Å²) in [7, 11) is 0. The average Bonchev–Trinajstić information content (AvgIpc) is 2.77. The van der Waals surface area contributed by atoms with Gasteiger partial charge in [-0.15, -0.1) is 0 Å². The van der Waals surface area contributed by atoms with Crippen molar-refractivity contribution in [2.24, 2.45) is 0 Å². The number of fused-ring (bicyclic) bond motifs is 4. The summed E-state index contributed by atoms with van der Waals surface area (Å²) in [6.45, 7) is 11.3. The van der Waals surface area contributed by atoms with Gasteiger partial charge in [0.05, 0.1) is 5.69 Å². The Bertz CT molecular complexity index is 1440. The number of nitrogens with zero attached hydrogens (tertiary/aromatic N) is 1. The van der Waals surface area contributed by atoms with E-state index < -0.39 is 0 Å². The Kier molecular flexibility index (Phi) is 4.78. The molecule has 0 aliphatic heterocycles. The normalized spacial score (nSPS) is 12.0. The highest BCUT2D eigenvalue weighted by molar-refractivity contribution is 6.11. The van der Waals surface area contributed by atoms with Crippen LogP contribution in [-0.2, 0) is 0 Å². The standard InChI is InChI=1S/C30H29N/c1-18(2)26-16-22-12-13-31-30(28(22)14-20(26)5)24-15-23-11-10-21-8-6-7-9-25(21)29(23)27(17-24)19(3)4/h6-19H,1-5H3. The molecule has 0 saturated carbocycles. The van der Waals surface area contributed by atoms with Crippen LogP contribution in [0.5, 0.6) is 0 Å². The van der Waals surface area contributed by atoms with Crippen molar-refractivity contribution in [1.82, 2.24) is 4.98 Å². The van der Waals surface area contributed by atoms with Crippen LogP contribution in [0.15, 0.2) is 72.9 Å². The quantitative estimate of drug-likeness (QED) is 0.274. The Balaban J connectivity index is 1.82. The van der Waals surface area contributed by atoms with Gasteiger partial charge in [0.25, 0.3) is 0 Å². The van der Waals surface area contributed by atoms with E-state index in [1.807, 2.05) is 6.20 Å². The molecule has 31 heavy (non-hydrogen) atoms. The second-order valence-electron chi connectivity index (χ2n) is 9.35. The summed E-state index contributed by atoms with van der Waals surface area (Å²) in [4.78, 5) is 4.86. The van der Waals surface area contributed by atoms with Crippen molar-refractivity contribution < 1.29 is 0 Å². The molecule has 0 unspecified atom stereocenters. The molecule has 5 aromatic rings. The molecule has 1 heteroatoms. The molecule has 0 amide bonds. The van der Waals surface area contributed by atoms with Crippen LogP contribution in [0.4, 0.5) is 0 Å². The summed E-state index contributed by atoms with van der Waals surface area (Å²) in [5, 5.41) is 7.79. The van der Waals surface area contributed by atoms with Crippen molar-refractivity contribution in [2.45, 2.75) is 46.5 Å². The van der Waals surface area contributed by atoms with E-state index in [0.717, 1.165) is 5.69 Å². The van der Waals surface area contributed by atoms with Crippen LogP contribution in [0.3, 0.4) is 0 Å². The predicted molar refractivity (Wildman–Crippen MR) is 135 cm³/mol. The van der Waals surface area contributed by atoms with Crippen LogP contribution in [0.1, 0.15) is 56.2 Å². The number of benzene rings is 4. The highest BCUT2D eigenvalue weighted by atomic mass is 14.7. The van der Waals surface area contributed by atoms with Gasteiger partial charge in [-0.25, -0.2) is 0 Å². The van der Waals surface area contributed by atoms with E-state index in [-0.39, 0.29) is 0 Å². The summed E-state index contributed by atoms with van der Waals surface area (Å²) < 4.78 is 0. The van der Waals surface area contributed by atoms with Crippen LogP contribution >= 0.6 is 0 Å². The maximum Gasteiger partial charge on any atom is 0.0780 e. The third-order valence-electron chi connectivity index (χ3n) is 6.54. The second kappa shape index (κ2) is 7.50. The van der Waals surface area contributed by atoms with Gasteiger partial charge in [0.1, 0.15) is 0 Å². The second-order valence-corrected chi connectivity index (χ2v) is 9.35. The average molecular weight is 404 g/mol. The number of rotatable bonds is 3. The molecule has 1 aromatic heterocycles. The van der Waals surface area contributed by atoms with Gasteiger partial charge in [-0.3, -0.25) is 4.98 Å². The lowest BCUT2D eigenvalue weighted by Crippen LogP contribution is -1.96. The van der Waals surface area contributed by atoms with Crippen LogP contribution < -0.4 is 0 Å². The molecule has 1 heterocycles. The van der Waals surface area contributed by atoms with E-state index in [0.29, 0.717) is 11.8 Å². The van der Waals surface area contributed by atoms with E-state index in [9.17, 15) is 0 Å². The molecule has 4 aromatic carbocycles. The van der Waals surface area contributed by atoms with Gasteiger partial charge in [-0.05, 0) is 86.6 Å². The Hall–Kier alpha value is -3.19. The van der Waals surface area contributed by atoms with Gasteiger partial charge in [0.2, 0.25) is 0 Å². The molecule has 0 spiro atoms. The summed E-state index contributed by atoms with van der Waals surface area (Å²) >= 11 is 0. The largest absolute Gasteiger partial charge is 0.256 e. The maximum absolute atomic E-state index is 4.86. The van der Waals surface area contributed by atoms with E-state index in [2.05, 4.69) is 101 Å². The van der Waals surface area contributed by atoms with Gasteiger partial charge >= 0.3 is 0 Å². The van der Waals surface area contributed by atoms with Crippen molar-refractivity contribution in [1.29, 1.82) is 0 Å². The summed E-state index contributed by atoms with van der Waals surface area (Å²) in [5.41, 5.74) is 6.42.